The number of aromatic amines is 1. The second-order valence-corrected chi connectivity index (χ2v) is 8.85. The smallest absolute Gasteiger partial charge is 0.416 e. The zero-order valence-corrected chi connectivity index (χ0v) is 19.2. The van der Waals surface area contributed by atoms with Crippen molar-refractivity contribution in [3.63, 3.8) is 0 Å². The number of carbonyl (C=O) groups is 1. The van der Waals surface area contributed by atoms with Crippen LogP contribution in [-0.2, 0) is 11.0 Å². The molecular formula is C24H23F3N6O2. The number of fused-ring (bicyclic) bond motifs is 1. The van der Waals surface area contributed by atoms with Crippen LogP contribution in [0.3, 0.4) is 0 Å². The van der Waals surface area contributed by atoms with Crippen LogP contribution in [0.2, 0.25) is 0 Å². The molecule has 0 spiro atoms. The maximum atomic E-state index is 13.3. The van der Waals surface area contributed by atoms with Crippen LogP contribution in [0.5, 0.6) is 5.75 Å². The Kier molecular flexibility index (Phi) is 6.33. The molecule has 2 aromatic carbocycles. The van der Waals surface area contributed by atoms with E-state index in [0.29, 0.717) is 28.2 Å². The lowest BCUT2D eigenvalue weighted by Gasteiger charge is -2.20. The fraction of sp³-hybridized carbons (Fsp3) is 0.250. The van der Waals surface area contributed by atoms with Gasteiger partial charge in [-0.25, -0.2) is 9.97 Å². The lowest BCUT2D eigenvalue weighted by atomic mass is 10.1. The van der Waals surface area contributed by atoms with Crippen molar-refractivity contribution in [1.82, 2.24) is 25.5 Å². The summed E-state index contributed by atoms with van der Waals surface area (Å²) in [7, 11) is 0. The van der Waals surface area contributed by atoms with Gasteiger partial charge in [0.15, 0.2) is 12.4 Å². The molecule has 4 rings (SSSR count). The van der Waals surface area contributed by atoms with E-state index in [4.69, 9.17) is 4.74 Å². The average molecular weight is 484 g/mol. The summed E-state index contributed by atoms with van der Waals surface area (Å²) in [5.41, 5.74) is -0.00172. The first kappa shape index (κ1) is 24.0. The SMILES string of the molecule is CC(C)(C)NC(=O)COc1cccc(-c2nc(Nc3cn[nH]c3)c3ccc(C(F)(F)F)cc3n2)c1. The molecule has 0 aliphatic rings. The van der Waals surface area contributed by atoms with Crippen molar-refractivity contribution >= 4 is 28.3 Å². The van der Waals surface area contributed by atoms with Crippen molar-refractivity contribution in [2.75, 3.05) is 11.9 Å². The van der Waals surface area contributed by atoms with Crippen LogP contribution in [0.1, 0.15) is 26.3 Å². The molecule has 3 N–H and O–H groups in total. The van der Waals surface area contributed by atoms with Gasteiger partial charge in [0.05, 0.1) is 23.0 Å². The number of anilines is 2. The Hall–Kier alpha value is -4.15. The molecule has 35 heavy (non-hydrogen) atoms. The van der Waals surface area contributed by atoms with Gasteiger partial charge in [0, 0.05) is 22.7 Å². The quantitative estimate of drug-likeness (QED) is 0.353. The normalized spacial score (nSPS) is 11.9. The summed E-state index contributed by atoms with van der Waals surface area (Å²) in [5.74, 6) is 0.614. The molecule has 0 radical (unpaired) electrons. The second kappa shape index (κ2) is 9.24. The van der Waals surface area contributed by atoms with E-state index in [1.165, 1.54) is 12.3 Å². The first-order valence-corrected chi connectivity index (χ1v) is 10.7. The zero-order valence-electron chi connectivity index (χ0n) is 19.2. The molecular weight excluding hydrogens is 461 g/mol. The van der Waals surface area contributed by atoms with Crippen molar-refractivity contribution in [2.24, 2.45) is 0 Å². The van der Waals surface area contributed by atoms with Gasteiger partial charge in [-0.15, -0.1) is 0 Å². The lowest BCUT2D eigenvalue weighted by Crippen LogP contribution is -2.43. The molecule has 0 aliphatic heterocycles. The summed E-state index contributed by atoms with van der Waals surface area (Å²) in [6, 6.07) is 9.99. The van der Waals surface area contributed by atoms with E-state index >= 15 is 0 Å². The Morgan fingerprint density at radius 1 is 1.09 bits per heavy atom. The highest BCUT2D eigenvalue weighted by molar-refractivity contribution is 5.92. The first-order chi connectivity index (χ1) is 16.5. The number of nitrogens with zero attached hydrogens (tertiary/aromatic N) is 3. The van der Waals surface area contributed by atoms with Gasteiger partial charge < -0.3 is 15.4 Å². The van der Waals surface area contributed by atoms with Gasteiger partial charge in [0.2, 0.25) is 0 Å². The highest BCUT2D eigenvalue weighted by Gasteiger charge is 2.31. The molecule has 4 aromatic rings. The van der Waals surface area contributed by atoms with Crippen molar-refractivity contribution in [1.29, 1.82) is 0 Å². The van der Waals surface area contributed by atoms with E-state index < -0.39 is 17.3 Å². The molecule has 0 aliphatic carbocycles. The number of hydrogen-bond donors (Lipinski definition) is 3. The van der Waals surface area contributed by atoms with Crippen LogP contribution < -0.4 is 15.4 Å². The summed E-state index contributed by atoms with van der Waals surface area (Å²) in [4.78, 5) is 21.0. The third-order valence-electron chi connectivity index (χ3n) is 4.76. The molecule has 2 aromatic heterocycles. The maximum absolute atomic E-state index is 13.3. The van der Waals surface area contributed by atoms with E-state index in [1.807, 2.05) is 20.8 Å². The van der Waals surface area contributed by atoms with Crippen molar-refractivity contribution in [2.45, 2.75) is 32.5 Å². The van der Waals surface area contributed by atoms with Gasteiger partial charge in [-0.05, 0) is 51.1 Å². The largest absolute Gasteiger partial charge is 0.484 e. The van der Waals surface area contributed by atoms with E-state index in [9.17, 15) is 18.0 Å². The van der Waals surface area contributed by atoms with E-state index in [2.05, 4.69) is 30.8 Å². The molecule has 0 bridgehead atoms. The number of carbonyl (C=O) groups excluding carboxylic acids is 1. The number of benzene rings is 2. The highest BCUT2D eigenvalue weighted by atomic mass is 19.4. The molecule has 0 fully saturated rings. The Bertz CT molecular complexity index is 1350. The third-order valence-corrected chi connectivity index (χ3v) is 4.76. The highest BCUT2D eigenvalue weighted by Crippen LogP contribution is 2.34. The van der Waals surface area contributed by atoms with Gasteiger partial charge in [-0.1, -0.05) is 12.1 Å². The van der Waals surface area contributed by atoms with Crippen molar-refractivity contribution < 1.29 is 22.7 Å². The lowest BCUT2D eigenvalue weighted by molar-refractivity contribution is -0.137. The Labute approximate surface area is 198 Å². The molecule has 11 heteroatoms. The molecule has 0 saturated carbocycles. The number of ether oxygens (including phenoxy) is 1. The summed E-state index contributed by atoms with van der Waals surface area (Å²) >= 11 is 0. The van der Waals surface area contributed by atoms with Crippen LogP contribution >= 0.6 is 0 Å². The van der Waals surface area contributed by atoms with Crippen molar-refractivity contribution in [3.05, 3.63) is 60.4 Å². The van der Waals surface area contributed by atoms with E-state index in [-0.39, 0.29) is 23.9 Å². The summed E-state index contributed by atoms with van der Waals surface area (Å²) in [6.45, 7) is 5.40. The van der Waals surface area contributed by atoms with Gasteiger partial charge in [0.25, 0.3) is 5.91 Å². The number of H-pyrrole nitrogens is 1. The number of rotatable bonds is 6. The maximum Gasteiger partial charge on any atom is 0.416 e. The third kappa shape index (κ3) is 6.05. The summed E-state index contributed by atoms with van der Waals surface area (Å²) < 4.78 is 45.6. The Morgan fingerprint density at radius 2 is 1.89 bits per heavy atom. The Balaban J connectivity index is 1.70. The first-order valence-electron chi connectivity index (χ1n) is 10.7. The Morgan fingerprint density at radius 3 is 2.57 bits per heavy atom. The standard InChI is InChI=1S/C24H23F3N6O2/c1-23(2,3)33-20(34)13-35-17-6-4-5-14(9-17)21-31-19-10-15(24(25,26)27)7-8-18(19)22(32-21)30-16-11-28-29-12-16/h4-12H,13H2,1-3H3,(H,28,29)(H,33,34)(H,30,31,32). The summed E-state index contributed by atoms with van der Waals surface area (Å²) in [6.07, 6.45) is -1.40. The number of nitrogens with one attached hydrogen (secondary N) is 3. The summed E-state index contributed by atoms with van der Waals surface area (Å²) in [5, 5.41) is 12.8. The fourth-order valence-electron chi connectivity index (χ4n) is 3.31. The van der Waals surface area contributed by atoms with Crippen LogP contribution in [0, 0.1) is 0 Å². The predicted molar refractivity (Wildman–Crippen MR) is 125 cm³/mol. The molecule has 2 heterocycles. The predicted octanol–water partition coefficient (Wildman–Crippen LogP) is 5.08. The van der Waals surface area contributed by atoms with Crippen LogP contribution in [0.25, 0.3) is 22.3 Å². The molecule has 0 atom stereocenters. The topological polar surface area (TPSA) is 105 Å². The number of amides is 1. The van der Waals surface area contributed by atoms with Crippen LogP contribution in [-0.4, -0.2) is 38.2 Å². The minimum Gasteiger partial charge on any atom is -0.484 e. The number of alkyl halides is 3. The van der Waals surface area contributed by atoms with Gasteiger partial charge in [-0.2, -0.15) is 18.3 Å². The fourth-order valence-corrected chi connectivity index (χ4v) is 3.31. The molecule has 0 saturated heterocycles. The average Bonchev–Trinajstić information content (AvgIpc) is 3.29. The molecule has 182 valence electrons. The van der Waals surface area contributed by atoms with Crippen LogP contribution in [0.15, 0.2) is 54.9 Å². The molecule has 1 amide bonds. The number of hydrogen-bond acceptors (Lipinski definition) is 6. The minimum absolute atomic E-state index is 0.117. The monoisotopic (exact) mass is 484 g/mol. The van der Waals surface area contributed by atoms with Crippen molar-refractivity contribution in [3.8, 4) is 17.1 Å². The van der Waals surface area contributed by atoms with Gasteiger partial charge >= 0.3 is 6.18 Å². The molecule has 0 unspecified atom stereocenters. The minimum atomic E-state index is -4.52. The van der Waals surface area contributed by atoms with Crippen LogP contribution in [0.4, 0.5) is 24.7 Å². The van der Waals surface area contributed by atoms with Gasteiger partial charge in [-0.3, -0.25) is 9.89 Å². The van der Waals surface area contributed by atoms with Gasteiger partial charge in [0.1, 0.15) is 11.6 Å². The number of aromatic nitrogens is 4. The number of halogens is 3. The second-order valence-electron chi connectivity index (χ2n) is 8.85. The molecule has 8 nitrogen and oxygen atoms in total. The van der Waals surface area contributed by atoms with E-state index in [0.717, 1.165) is 12.1 Å². The van der Waals surface area contributed by atoms with E-state index in [1.54, 1.807) is 30.5 Å². The zero-order chi connectivity index (χ0) is 25.2.